The van der Waals surface area contributed by atoms with Gasteiger partial charge in [0.1, 0.15) is 0 Å². The number of aliphatic hydroxyl groups excluding tert-OH is 1. The van der Waals surface area contributed by atoms with Gasteiger partial charge in [-0.3, -0.25) is 0 Å². The van der Waals surface area contributed by atoms with Gasteiger partial charge < -0.3 is 23.8 Å². The molecule has 0 saturated heterocycles. The van der Waals surface area contributed by atoms with Gasteiger partial charge in [0.15, 0.2) is 16.6 Å². The third-order valence-corrected chi connectivity index (χ3v) is 20.4. The first kappa shape index (κ1) is 45.7. The molecule has 0 aliphatic carbocycles. The number of aliphatic hydroxyl groups is 1. The molecule has 0 spiro atoms. The van der Waals surface area contributed by atoms with E-state index in [1.54, 1.807) is 0 Å². The molecule has 0 amide bonds. The number of likely N-dealkylation sites (N-methyl/N-ethyl adjacent to an activating group) is 2. The fourth-order valence-electron chi connectivity index (χ4n) is 6.30. The van der Waals surface area contributed by atoms with Crippen LogP contribution in [0.15, 0.2) is 0 Å². The van der Waals surface area contributed by atoms with Crippen LogP contribution in [0.2, 0.25) is 33.2 Å². The van der Waals surface area contributed by atoms with Crippen molar-refractivity contribution >= 4 is 58.8 Å². The van der Waals surface area contributed by atoms with Gasteiger partial charge in [0, 0.05) is 66.6 Å². The van der Waals surface area contributed by atoms with Crippen molar-refractivity contribution in [1.29, 1.82) is 0 Å². The Morgan fingerprint density at radius 1 is 0.625 bits per heavy atom. The summed E-state index contributed by atoms with van der Waals surface area (Å²) in [4.78, 5) is 4.37. The molecule has 0 atom stereocenters. The van der Waals surface area contributed by atoms with Crippen LogP contribution in [0.25, 0.3) is 0 Å². The van der Waals surface area contributed by atoms with E-state index in [1.807, 2.05) is 7.05 Å². The van der Waals surface area contributed by atoms with Crippen molar-refractivity contribution in [2.24, 2.45) is 0 Å². The van der Waals surface area contributed by atoms with Crippen LogP contribution in [-0.4, -0.2) is 102 Å². The van der Waals surface area contributed by atoms with Crippen molar-refractivity contribution in [3.63, 3.8) is 0 Å². The van der Waals surface area contributed by atoms with E-state index in [0.717, 1.165) is 39.4 Å². The highest BCUT2D eigenvalue weighted by Gasteiger charge is 2.45. The molecule has 0 aliphatic rings. The topological polar surface area (TPSA) is 62.2 Å². The summed E-state index contributed by atoms with van der Waals surface area (Å²) in [6.07, 6.45) is 0. The zero-order valence-electron chi connectivity index (χ0n) is 28.2. The molecule has 0 saturated carbocycles. The second-order valence-corrected chi connectivity index (χ2v) is 26.4. The molecule has 12 heteroatoms. The second kappa shape index (κ2) is 24.6. The summed E-state index contributed by atoms with van der Waals surface area (Å²) >= 11 is 5.74. The van der Waals surface area contributed by atoms with Gasteiger partial charge in [-0.05, 0) is 47.3 Å². The number of halogens is 3. The van der Waals surface area contributed by atoms with Gasteiger partial charge in [0.25, 0.3) is 0 Å². The van der Waals surface area contributed by atoms with Crippen LogP contribution in [0, 0.1) is 0 Å². The van der Waals surface area contributed by atoms with E-state index < -0.39 is 25.9 Å². The monoisotopic (exact) mass is 686 g/mol. The summed E-state index contributed by atoms with van der Waals surface area (Å²) < 4.78 is 22.0. The summed E-state index contributed by atoms with van der Waals surface area (Å²) in [5.41, 5.74) is 3.91. The first-order valence-corrected chi connectivity index (χ1v) is 22.5. The molecule has 40 heavy (non-hydrogen) atoms. The molecule has 0 aromatic carbocycles. The minimum atomic E-state index is -1.71. The van der Waals surface area contributed by atoms with Gasteiger partial charge in [0.2, 0.25) is 9.23 Å². The van der Waals surface area contributed by atoms with Crippen LogP contribution in [-0.2, 0) is 18.1 Å². The smallest absolute Gasteiger partial charge is 0.211 e. The molecule has 0 aliphatic heterocycles. The van der Waals surface area contributed by atoms with Gasteiger partial charge in [-0.15, -0.1) is 11.6 Å². The van der Waals surface area contributed by atoms with E-state index in [1.165, 1.54) is 0 Å². The van der Waals surface area contributed by atoms with Gasteiger partial charge in [-0.2, -0.15) is 0 Å². The molecule has 0 rings (SSSR count). The minimum Gasteiger partial charge on any atom is -0.415 e. The van der Waals surface area contributed by atoms with E-state index in [9.17, 15) is 0 Å². The zero-order chi connectivity index (χ0) is 32.3. The van der Waals surface area contributed by atoms with Crippen molar-refractivity contribution < 1.29 is 18.2 Å². The molecule has 0 fully saturated rings. The van der Waals surface area contributed by atoms with Gasteiger partial charge in [0.05, 0.1) is 6.61 Å². The molecule has 0 aromatic heterocycles. The van der Waals surface area contributed by atoms with Crippen LogP contribution < -0.4 is 0 Å². The summed E-state index contributed by atoms with van der Waals surface area (Å²) in [5.74, 6) is 0.692. The molecule has 6 nitrogen and oxygen atoms in total. The summed E-state index contributed by atoms with van der Waals surface area (Å²) in [5, 5.41) is 8.89. The van der Waals surface area contributed by atoms with Crippen molar-refractivity contribution in [2.45, 2.75) is 116 Å². The SMILES string of the molecule is CC(C)[Si](OCCN(C)CCCl)(C(C)C)C(C)C.CC(C)[Si](OCCN(C)CCO)(C(C)C)C(C)C.O=S(Cl)Cl. The molecular formula is C28H65Cl3N2O4SSi2. The third kappa shape index (κ3) is 17.5. The largest absolute Gasteiger partial charge is 0.415 e. The number of hydrogen-bond acceptors (Lipinski definition) is 6. The van der Waals surface area contributed by atoms with Crippen LogP contribution in [0.3, 0.4) is 0 Å². The van der Waals surface area contributed by atoms with E-state index in [4.69, 9.17) is 29.8 Å². The maximum Gasteiger partial charge on any atom is 0.211 e. The van der Waals surface area contributed by atoms with Crippen LogP contribution in [0.4, 0.5) is 0 Å². The van der Waals surface area contributed by atoms with E-state index >= 15 is 0 Å². The van der Waals surface area contributed by atoms with E-state index in [0.29, 0.717) is 39.1 Å². The average molecular weight is 688 g/mol. The summed E-state index contributed by atoms with van der Waals surface area (Å²) in [7, 11) is 8.11. The lowest BCUT2D eigenvalue weighted by molar-refractivity contribution is 0.183. The molecule has 0 unspecified atom stereocenters. The molecule has 0 bridgehead atoms. The standard InChI is InChI=1S/C14H32ClNOSi.C14H33NO2Si.Cl2OS/c1-12(2)18(13(3)4,14(5)6)17-11-10-16(7)9-8-15;1-12(2)18(13(3)4,14(5)6)17-11-9-15(7)8-10-16;1-4(2)3/h12-14H,8-11H2,1-7H3;12-14,16H,8-11H2,1-7H3;. The highest BCUT2D eigenvalue weighted by molar-refractivity contribution is 8.26. The summed E-state index contributed by atoms with van der Waals surface area (Å²) in [6, 6.07) is 0. The Morgan fingerprint density at radius 2 is 0.875 bits per heavy atom. The first-order chi connectivity index (χ1) is 18.3. The van der Waals surface area contributed by atoms with E-state index in [2.05, 4.69) is 121 Å². The summed E-state index contributed by atoms with van der Waals surface area (Å²) in [6.45, 7) is 33.2. The lowest BCUT2D eigenvalue weighted by atomic mass is 10.5. The Balaban J connectivity index is -0.000000603. The molecule has 1 N–H and O–H groups in total. The third-order valence-electron chi connectivity index (χ3n) is 8.01. The molecule has 0 aromatic rings. The predicted octanol–water partition coefficient (Wildman–Crippen LogP) is 8.49. The van der Waals surface area contributed by atoms with Gasteiger partial charge >= 0.3 is 0 Å². The second-order valence-electron chi connectivity index (χ2n) is 12.5. The lowest BCUT2D eigenvalue weighted by Gasteiger charge is -2.42. The van der Waals surface area contributed by atoms with Crippen LogP contribution >= 0.6 is 33.0 Å². The fourth-order valence-corrected chi connectivity index (χ4v) is 17.5. The zero-order valence-corrected chi connectivity index (χ0v) is 33.3. The average Bonchev–Trinajstić information content (AvgIpc) is 2.78. The minimum absolute atomic E-state index is 0.220. The lowest BCUT2D eigenvalue weighted by Crippen LogP contribution is -2.49. The van der Waals surface area contributed by atoms with Crippen LogP contribution in [0.1, 0.15) is 83.1 Å². The van der Waals surface area contributed by atoms with Crippen molar-refractivity contribution in [2.75, 3.05) is 66.0 Å². The quantitative estimate of drug-likeness (QED) is 0.0886. The maximum absolute atomic E-state index is 9.09. The Labute approximate surface area is 267 Å². The maximum atomic E-state index is 9.09. The number of alkyl halides is 1. The Hall–Kier alpha value is 1.25. The highest BCUT2D eigenvalue weighted by atomic mass is 36.0. The molecule has 0 heterocycles. The fraction of sp³-hybridized carbons (Fsp3) is 1.00. The normalized spacial score (nSPS) is 12.9. The van der Waals surface area contributed by atoms with Gasteiger partial charge in [-0.1, -0.05) is 83.1 Å². The highest BCUT2D eigenvalue weighted by Crippen LogP contribution is 2.43. The van der Waals surface area contributed by atoms with Crippen LogP contribution in [0.5, 0.6) is 0 Å². The van der Waals surface area contributed by atoms with Crippen molar-refractivity contribution in [3.05, 3.63) is 0 Å². The van der Waals surface area contributed by atoms with E-state index in [-0.39, 0.29) is 6.61 Å². The Kier molecular flexibility index (Phi) is 28.0. The molecule has 0 radical (unpaired) electrons. The molecular weight excluding hydrogens is 623 g/mol. The molecule has 246 valence electrons. The first-order valence-electron chi connectivity index (χ1n) is 14.9. The number of nitrogens with zero attached hydrogens (tertiary/aromatic N) is 2. The Morgan fingerprint density at radius 3 is 1.07 bits per heavy atom. The van der Waals surface area contributed by atoms with Crippen molar-refractivity contribution in [3.8, 4) is 0 Å². The predicted molar refractivity (Wildman–Crippen MR) is 187 cm³/mol. The Bertz CT molecular complexity index is 541. The van der Waals surface area contributed by atoms with Gasteiger partial charge in [-0.25, -0.2) is 4.21 Å². The number of hydrogen-bond donors (Lipinski definition) is 1. The van der Waals surface area contributed by atoms with Crippen molar-refractivity contribution in [1.82, 2.24) is 9.80 Å². The number of rotatable bonds is 18.